The van der Waals surface area contributed by atoms with Gasteiger partial charge < -0.3 is 16.4 Å². The SMILES string of the molecule is C=C/C(=C\N=C(C)N)c1ccc(C(=O)NC/C(C)=C/C(=NCC)NC(C)=C(C)CC)cc1. The van der Waals surface area contributed by atoms with Crippen molar-refractivity contribution in [1.82, 2.24) is 10.6 Å². The molecule has 0 aromatic heterocycles. The van der Waals surface area contributed by atoms with Crippen molar-refractivity contribution in [3.63, 3.8) is 0 Å². The Hall–Kier alpha value is -3.41. The van der Waals surface area contributed by atoms with Crippen LogP contribution in [0.4, 0.5) is 0 Å². The molecule has 0 spiro atoms. The highest BCUT2D eigenvalue weighted by Crippen LogP contribution is 2.16. The van der Waals surface area contributed by atoms with Crippen molar-refractivity contribution in [3.05, 3.63) is 77.2 Å². The molecule has 1 rings (SSSR count). The molecular weight excluding hydrogens is 398 g/mol. The van der Waals surface area contributed by atoms with Gasteiger partial charge >= 0.3 is 0 Å². The van der Waals surface area contributed by atoms with Gasteiger partial charge in [0.25, 0.3) is 5.91 Å². The predicted molar refractivity (Wildman–Crippen MR) is 138 cm³/mol. The zero-order chi connectivity index (χ0) is 24.1. The zero-order valence-corrected chi connectivity index (χ0v) is 20.2. The smallest absolute Gasteiger partial charge is 0.251 e. The van der Waals surface area contributed by atoms with Gasteiger partial charge in [-0.05, 0) is 70.4 Å². The van der Waals surface area contributed by atoms with Crippen molar-refractivity contribution in [2.24, 2.45) is 15.7 Å². The van der Waals surface area contributed by atoms with Gasteiger partial charge in [-0.3, -0.25) is 9.79 Å². The van der Waals surface area contributed by atoms with Crippen molar-refractivity contribution in [1.29, 1.82) is 0 Å². The fourth-order valence-corrected chi connectivity index (χ4v) is 2.69. The maximum atomic E-state index is 12.6. The Labute approximate surface area is 192 Å². The van der Waals surface area contributed by atoms with E-state index in [1.54, 1.807) is 31.3 Å². The van der Waals surface area contributed by atoms with Crippen molar-refractivity contribution < 1.29 is 4.79 Å². The highest BCUT2D eigenvalue weighted by atomic mass is 16.1. The maximum Gasteiger partial charge on any atom is 0.251 e. The number of aliphatic imine (C=N–C) groups is 2. The molecule has 0 unspecified atom stereocenters. The number of hydrogen-bond acceptors (Lipinski definition) is 3. The van der Waals surface area contributed by atoms with Crippen LogP contribution in [0.2, 0.25) is 0 Å². The van der Waals surface area contributed by atoms with Crippen molar-refractivity contribution in [2.45, 2.75) is 48.0 Å². The molecule has 0 saturated carbocycles. The molecule has 1 aromatic rings. The Morgan fingerprint density at radius 2 is 1.72 bits per heavy atom. The topological polar surface area (TPSA) is 91.9 Å². The summed E-state index contributed by atoms with van der Waals surface area (Å²) in [5, 5.41) is 6.33. The average Bonchev–Trinajstić information content (AvgIpc) is 2.77. The summed E-state index contributed by atoms with van der Waals surface area (Å²) in [7, 11) is 0. The molecular formula is C26H37N5O. The van der Waals surface area contributed by atoms with E-state index in [1.807, 2.05) is 32.1 Å². The Morgan fingerprint density at radius 3 is 2.25 bits per heavy atom. The highest BCUT2D eigenvalue weighted by molar-refractivity contribution is 5.96. The second-order valence-corrected chi connectivity index (χ2v) is 7.55. The first-order valence-electron chi connectivity index (χ1n) is 10.9. The van der Waals surface area contributed by atoms with E-state index < -0.39 is 0 Å². The monoisotopic (exact) mass is 435 g/mol. The molecule has 4 N–H and O–H groups in total. The summed E-state index contributed by atoms with van der Waals surface area (Å²) in [6, 6.07) is 7.31. The molecule has 0 aliphatic rings. The number of nitrogens with two attached hydrogens (primary N) is 1. The number of amidine groups is 2. The summed E-state index contributed by atoms with van der Waals surface area (Å²) >= 11 is 0. The van der Waals surface area contributed by atoms with Gasteiger partial charge in [0.1, 0.15) is 5.84 Å². The number of nitrogens with zero attached hydrogens (tertiary/aromatic N) is 2. The minimum atomic E-state index is -0.135. The van der Waals surface area contributed by atoms with Gasteiger partial charge in [-0.25, -0.2) is 4.99 Å². The first-order valence-corrected chi connectivity index (χ1v) is 10.9. The molecule has 0 radical (unpaired) electrons. The molecule has 1 amide bonds. The Bertz CT molecular complexity index is 943. The van der Waals surface area contributed by atoms with Gasteiger partial charge in [0.05, 0.1) is 5.84 Å². The molecule has 0 fully saturated rings. The summed E-state index contributed by atoms with van der Waals surface area (Å²) in [6.45, 7) is 16.9. The lowest BCUT2D eigenvalue weighted by Gasteiger charge is -2.12. The summed E-state index contributed by atoms with van der Waals surface area (Å²) in [6.07, 6.45) is 6.33. The van der Waals surface area contributed by atoms with E-state index in [4.69, 9.17) is 5.73 Å². The number of rotatable bonds is 10. The molecule has 6 nitrogen and oxygen atoms in total. The van der Waals surface area contributed by atoms with E-state index in [0.29, 0.717) is 24.5 Å². The molecule has 6 heteroatoms. The predicted octanol–water partition coefficient (Wildman–Crippen LogP) is 4.98. The van der Waals surface area contributed by atoms with Gasteiger partial charge in [-0.1, -0.05) is 42.9 Å². The van der Waals surface area contributed by atoms with Gasteiger partial charge in [0, 0.05) is 30.5 Å². The molecule has 0 saturated heterocycles. The summed E-state index contributed by atoms with van der Waals surface area (Å²) in [5.41, 5.74) is 11.3. The van der Waals surface area contributed by atoms with Crippen LogP contribution in [-0.2, 0) is 0 Å². The lowest BCUT2D eigenvalue weighted by atomic mass is 10.0. The van der Waals surface area contributed by atoms with E-state index in [9.17, 15) is 4.79 Å². The Balaban J connectivity index is 2.84. The number of carbonyl (C=O) groups excluding carboxylic acids is 1. The molecule has 0 heterocycles. The van der Waals surface area contributed by atoms with E-state index in [1.165, 1.54) is 5.57 Å². The molecule has 172 valence electrons. The van der Waals surface area contributed by atoms with Crippen LogP contribution in [0.15, 0.2) is 76.0 Å². The third-order valence-corrected chi connectivity index (χ3v) is 4.83. The van der Waals surface area contributed by atoms with E-state index in [-0.39, 0.29) is 5.91 Å². The van der Waals surface area contributed by atoms with Crippen LogP contribution in [0.1, 0.15) is 63.9 Å². The van der Waals surface area contributed by atoms with Crippen LogP contribution in [0, 0.1) is 0 Å². The molecule has 1 aromatic carbocycles. The van der Waals surface area contributed by atoms with E-state index in [0.717, 1.165) is 34.7 Å². The third kappa shape index (κ3) is 9.16. The first kappa shape index (κ1) is 26.6. The van der Waals surface area contributed by atoms with Crippen LogP contribution < -0.4 is 16.4 Å². The van der Waals surface area contributed by atoms with Crippen LogP contribution in [0.3, 0.4) is 0 Å². The number of allylic oxidation sites excluding steroid dienone is 4. The molecule has 0 aliphatic heterocycles. The van der Waals surface area contributed by atoms with Crippen molar-refractivity contribution in [2.75, 3.05) is 13.1 Å². The van der Waals surface area contributed by atoms with Crippen molar-refractivity contribution in [3.8, 4) is 0 Å². The van der Waals surface area contributed by atoms with Crippen molar-refractivity contribution >= 4 is 23.2 Å². The second kappa shape index (κ2) is 13.8. The first-order chi connectivity index (χ1) is 15.2. The Morgan fingerprint density at radius 1 is 1.09 bits per heavy atom. The van der Waals surface area contributed by atoms with Crippen LogP contribution >= 0.6 is 0 Å². The number of hydrogen-bond donors (Lipinski definition) is 3. The quantitative estimate of drug-likeness (QED) is 0.275. The van der Waals surface area contributed by atoms with Gasteiger partial charge in [-0.2, -0.15) is 0 Å². The third-order valence-electron chi connectivity index (χ3n) is 4.83. The molecule has 32 heavy (non-hydrogen) atoms. The minimum Gasteiger partial charge on any atom is -0.387 e. The lowest BCUT2D eigenvalue weighted by molar-refractivity contribution is 0.0957. The molecule has 0 atom stereocenters. The lowest BCUT2D eigenvalue weighted by Crippen LogP contribution is -2.26. The summed E-state index contributed by atoms with van der Waals surface area (Å²) in [4.78, 5) is 21.2. The largest absolute Gasteiger partial charge is 0.387 e. The Kier molecular flexibility index (Phi) is 11.5. The number of nitrogens with one attached hydrogen (secondary N) is 2. The fourth-order valence-electron chi connectivity index (χ4n) is 2.69. The molecule has 0 aliphatic carbocycles. The molecule has 0 bridgehead atoms. The number of amides is 1. The van der Waals surface area contributed by atoms with E-state index in [2.05, 4.69) is 48.0 Å². The van der Waals surface area contributed by atoms with Crippen LogP contribution in [0.5, 0.6) is 0 Å². The minimum absolute atomic E-state index is 0.135. The van der Waals surface area contributed by atoms with Crippen LogP contribution in [0.25, 0.3) is 5.57 Å². The van der Waals surface area contributed by atoms with Gasteiger partial charge in [0.2, 0.25) is 0 Å². The van der Waals surface area contributed by atoms with Gasteiger partial charge in [0.15, 0.2) is 0 Å². The number of carbonyl (C=O) groups is 1. The van der Waals surface area contributed by atoms with Crippen LogP contribution in [-0.4, -0.2) is 30.7 Å². The highest BCUT2D eigenvalue weighted by Gasteiger charge is 2.07. The maximum absolute atomic E-state index is 12.6. The normalized spacial score (nSPS) is 14.1. The number of benzene rings is 1. The average molecular weight is 436 g/mol. The fraction of sp³-hybridized carbons (Fsp3) is 0.346. The standard InChI is InChI=1S/C26H37N5O/c1-8-19(5)20(6)31-25(28-10-3)15-18(4)16-30-26(32)24-13-11-23(12-14-24)22(9-2)17-29-21(7)27/h9,11-15,17H,2,8,10,16H2,1,3-7H3,(H2,27,29)(H,28,31)(H,30,32)/b18-15+,20-19?,22-17+. The summed E-state index contributed by atoms with van der Waals surface area (Å²) in [5.74, 6) is 1.13. The van der Waals surface area contributed by atoms with E-state index >= 15 is 0 Å². The van der Waals surface area contributed by atoms with Gasteiger partial charge in [-0.15, -0.1) is 0 Å². The second-order valence-electron chi connectivity index (χ2n) is 7.55. The summed E-state index contributed by atoms with van der Waals surface area (Å²) < 4.78 is 0. The zero-order valence-electron chi connectivity index (χ0n) is 20.2.